The summed E-state index contributed by atoms with van der Waals surface area (Å²) in [4.78, 5) is 11.4. The van der Waals surface area contributed by atoms with E-state index in [0.717, 1.165) is 24.1 Å². The van der Waals surface area contributed by atoms with E-state index < -0.39 is 5.97 Å². The third-order valence-corrected chi connectivity index (χ3v) is 4.50. The molecule has 182 valence electrons. The molecular weight excluding hydrogens is 459 g/mol. The van der Waals surface area contributed by atoms with Gasteiger partial charge in [0.05, 0.1) is 28.5 Å². The molecule has 0 saturated carbocycles. The average Bonchev–Trinajstić information content (AvgIpc) is 3.22. The van der Waals surface area contributed by atoms with E-state index in [0.29, 0.717) is 27.7 Å². The van der Waals surface area contributed by atoms with Gasteiger partial charge in [-0.25, -0.2) is 4.68 Å². The number of aryl methyl sites for hydroxylation is 1. The van der Waals surface area contributed by atoms with Crippen LogP contribution < -0.4 is 0 Å². The van der Waals surface area contributed by atoms with Gasteiger partial charge in [-0.3, -0.25) is 4.79 Å². The van der Waals surface area contributed by atoms with Crippen LogP contribution in [0.5, 0.6) is 0 Å². The Morgan fingerprint density at radius 2 is 1.48 bits per heavy atom. The van der Waals surface area contributed by atoms with Crippen molar-refractivity contribution in [2.24, 2.45) is 0 Å². The maximum absolute atomic E-state index is 11.4. The molecule has 0 fully saturated rings. The summed E-state index contributed by atoms with van der Waals surface area (Å²) >= 11 is 12.4. The fourth-order valence-corrected chi connectivity index (χ4v) is 3.16. The molecule has 0 radical (unpaired) electrons. The summed E-state index contributed by atoms with van der Waals surface area (Å²) in [6, 6.07) is 14.6. The van der Waals surface area contributed by atoms with Crippen molar-refractivity contribution in [2.45, 2.75) is 47.5 Å². The van der Waals surface area contributed by atoms with Crippen LogP contribution in [0.4, 0.5) is 0 Å². The molecule has 2 aromatic carbocycles. The minimum absolute atomic E-state index is 0.106. The normalized spacial score (nSPS) is 8.88. The lowest BCUT2D eigenvalue weighted by molar-refractivity contribution is -0.136. The number of carboxylic acids is 1. The van der Waals surface area contributed by atoms with Gasteiger partial charge in [-0.05, 0) is 30.7 Å². The van der Waals surface area contributed by atoms with Gasteiger partial charge >= 0.3 is 5.97 Å². The van der Waals surface area contributed by atoms with Gasteiger partial charge in [0.15, 0.2) is 0 Å². The second-order valence-corrected chi connectivity index (χ2v) is 6.41. The minimum atomic E-state index is -0.899. The highest BCUT2D eigenvalue weighted by atomic mass is 35.5. The number of halogens is 2. The fraction of sp³-hybridized carbons (Fsp3) is 0.308. The molecular formula is C26H36Cl2N2O3. The van der Waals surface area contributed by atoms with Crippen molar-refractivity contribution in [1.82, 2.24) is 9.78 Å². The van der Waals surface area contributed by atoms with Crippen molar-refractivity contribution >= 4 is 29.2 Å². The van der Waals surface area contributed by atoms with Crippen molar-refractivity contribution in [3.63, 3.8) is 0 Å². The summed E-state index contributed by atoms with van der Waals surface area (Å²) in [7, 11) is 1.00. The number of carbonyl (C=O) groups is 1. The number of aliphatic carboxylic acids is 1. The molecule has 0 bridgehead atoms. The molecule has 0 spiro atoms. The standard InChI is InChI=1S/C19H16Cl2N2O2.2C2H6.C2H4.CH4O/c1-2-16-14(11-18(24)25)19(12-7-9-13(20)10-8-12)23(22-16)17-6-4-3-5-15(17)21;4*1-2/h3-10H,2,11H2,1H3,(H,24,25);2*1-2H3;1-2H2;2H,1H3. The topological polar surface area (TPSA) is 75.4 Å². The van der Waals surface area contributed by atoms with Gasteiger partial charge in [0.1, 0.15) is 0 Å². The first-order chi connectivity index (χ1) is 16.0. The van der Waals surface area contributed by atoms with Crippen molar-refractivity contribution in [2.75, 3.05) is 7.11 Å². The van der Waals surface area contributed by atoms with E-state index in [4.69, 9.17) is 28.3 Å². The third-order valence-electron chi connectivity index (χ3n) is 3.93. The monoisotopic (exact) mass is 494 g/mol. The Morgan fingerprint density at radius 3 is 1.94 bits per heavy atom. The van der Waals surface area contributed by atoms with Crippen molar-refractivity contribution < 1.29 is 15.0 Å². The van der Waals surface area contributed by atoms with Gasteiger partial charge in [-0.2, -0.15) is 5.10 Å². The minimum Gasteiger partial charge on any atom is -0.481 e. The van der Waals surface area contributed by atoms with Crippen molar-refractivity contribution in [1.29, 1.82) is 0 Å². The quantitative estimate of drug-likeness (QED) is 0.360. The Kier molecular flexibility index (Phi) is 18.7. The summed E-state index contributed by atoms with van der Waals surface area (Å²) in [5.41, 5.74) is 3.71. The molecule has 0 amide bonds. The van der Waals surface area contributed by atoms with Crippen LogP contribution in [-0.2, 0) is 17.6 Å². The third kappa shape index (κ3) is 9.42. The van der Waals surface area contributed by atoms with E-state index in [9.17, 15) is 9.90 Å². The molecule has 33 heavy (non-hydrogen) atoms. The Hall–Kier alpha value is -2.60. The van der Waals surface area contributed by atoms with Crippen LogP contribution in [0, 0.1) is 0 Å². The molecule has 7 heteroatoms. The molecule has 0 saturated heterocycles. The molecule has 1 heterocycles. The zero-order chi connectivity index (χ0) is 26.0. The van der Waals surface area contributed by atoms with Crippen molar-refractivity contribution in [3.8, 4) is 16.9 Å². The van der Waals surface area contributed by atoms with E-state index >= 15 is 0 Å². The molecule has 0 unspecified atom stereocenters. The zero-order valence-corrected chi connectivity index (χ0v) is 21.9. The molecule has 3 aromatic rings. The molecule has 3 rings (SSSR count). The molecule has 5 nitrogen and oxygen atoms in total. The molecule has 1 aromatic heterocycles. The Labute approximate surface area is 208 Å². The van der Waals surface area contributed by atoms with E-state index in [1.807, 2.05) is 65.0 Å². The van der Waals surface area contributed by atoms with Crippen LogP contribution in [0.2, 0.25) is 10.0 Å². The first-order valence-corrected chi connectivity index (χ1v) is 11.5. The number of rotatable bonds is 5. The van der Waals surface area contributed by atoms with Crippen LogP contribution in [0.3, 0.4) is 0 Å². The van der Waals surface area contributed by atoms with E-state index in [1.165, 1.54) is 0 Å². The zero-order valence-electron chi connectivity index (χ0n) is 20.4. The first kappa shape index (κ1) is 32.6. The smallest absolute Gasteiger partial charge is 0.307 e. The van der Waals surface area contributed by atoms with Gasteiger partial charge in [0, 0.05) is 23.3 Å². The summed E-state index contributed by atoms with van der Waals surface area (Å²) < 4.78 is 1.72. The molecule has 0 aliphatic rings. The summed E-state index contributed by atoms with van der Waals surface area (Å²) in [5.74, 6) is -0.899. The van der Waals surface area contributed by atoms with Gasteiger partial charge in [0.2, 0.25) is 0 Å². The van der Waals surface area contributed by atoms with Crippen LogP contribution in [0.15, 0.2) is 61.7 Å². The van der Waals surface area contributed by atoms with Crippen LogP contribution >= 0.6 is 23.2 Å². The second kappa shape index (κ2) is 18.9. The summed E-state index contributed by atoms with van der Waals surface area (Å²) in [6.07, 6.45) is 0.520. The lowest BCUT2D eigenvalue weighted by Crippen LogP contribution is -2.04. The maximum Gasteiger partial charge on any atom is 0.307 e. The number of benzene rings is 2. The van der Waals surface area contributed by atoms with Crippen molar-refractivity contribution in [3.05, 3.63) is 83.0 Å². The number of aliphatic hydroxyl groups is 1. The lowest BCUT2D eigenvalue weighted by atomic mass is 10.0. The first-order valence-electron chi connectivity index (χ1n) is 10.8. The number of carboxylic acid groups (broad SMARTS) is 1. The van der Waals surface area contributed by atoms with Gasteiger partial charge < -0.3 is 10.2 Å². The number of aromatic nitrogens is 2. The van der Waals surface area contributed by atoms with Crippen LogP contribution in [0.25, 0.3) is 16.9 Å². The van der Waals surface area contributed by atoms with Crippen LogP contribution in [-0.4, -0.2) is 33.1 Å². The molecule has 0 aliphatic carbocycles. The summed E-state index contributed by atoms with van der Waals surface area (Å²) in [5, 5.41) is 22.2. The Bertz CT molecular complexity index is 939. The SMILES string of the molecule is C=C.CC.CC.CCc1nn(-c2ccccc2Cl)c(-c2ccc(Cl)cc2)c1CC(=O)O.CO. The fourth-order valence-electron chi connectivity index (χ4n) is 2.82. The number of hydrogen-bond donors (Lipinski definition) is 2. The molecule has 0 aliphatic heterocycles. The number of nitrogens with zero attached hydrogens (tertiary/aromatic N) is 2. The van der Waals surface area contributed by atoms with Gasteiger partial charge in [-0.1, -0.05) is 82.1 Å². The van der Waals surface area contributed by atoms with Gasteiger partial charge in [0.25, 0.3) is 0 Å². The molecule has 2 N–H and O–H groups in total. The van der Waals surface area contributed by atoms with Crippen LogP contribution in [0.1, 0.15) is 45.9 Å². The van der Waals surface area contributed by atoms with E-state index in [2.05, 4.69) is 18.3 Å². The van der Waals surface area contributed by atoms with E-state index in [1.54, 1.807) is 22.9 Å². The second-order valence-electron chi connectivity index (χ2n) is 5.57. The van der Waals surface area contributed by atoms with Gasteiger partial charge in [-0.15, -0.1) is 13.2 Å². The number of hydrogen-bond acceptors (Lipinski definition) is 3. The molecule has 0 atom stereocenters. The number of aliphatic hydroxyl groups excluding tert-OH is 1. The highest BCUT2D eigenvalue weighted by molar-refractivity contribution is 6.32. The highest BCUT2D eigenvalue weighted by Crippen LogP contribution is 2.33. The van der Waals surface area contributed by atoms with E-state index in [-0.39, 0.29) is 6.42 Å². The predicted molar refractivity (Wildman–Crippen MR) is 142 cm³/mol. The Morgan fingerprint density at radius 1 is 0.970 bits per heavy atom. The largest absolute Gasteiger partial charge is 0.481 e. The number of para-hydroxylation sites is 1. The Balaban J connectivity index is 0. The predicted octanol–water partition coefficient (Wildman–Crippen LogP) is 7.50. The maximum atomic E-state index is 11.4. The summed E-state index contributed by atoms with van der Waals surface area (Å²) in [6.45, 7) is 16.0. The highest BCUT2D eigenvalue weighted by Gasteiger charge is 2.22. The average molecular weight is 495 g/mol. The lowest BCUT2D eigenvalue weighted by Gasteiger charge is -2.11.